The van der Waals surface area contributed by atoms with Crippen molar-refractivity contribution in [1.29, 1.82) is 0 Å². The Hall–Kier alpha value is -1.49. The van der Waals surface area contributed by atoms with Gasteiger partial charge in [0, 0.05) is 12.6 Å². The molecule has 0 amide bonds. The molecule has 2 N–H and O–H groups in total. The number of nitrogens with zero attached hydrogens (tertiary/aromatic N) is 2. The molecule has 1 rings (SSSR count). The van der Waals surface area contributed by atoms with Gasteiger partial charge >= 0.3 is 0 Å². The van der Waals surface area contributed by atoms with Gasteiger partial charge in [-0.05, 0) is 47.0 Å². The molecule has 5 heteroatoms. The Bertz CT molecular complexity index is 371. The molecule has 0 aromatic carbocycles. The van der Waals surface area contributed by atoms with Crippen LogP contribution in [0, 0.1) is 0 Å². The Morgan fingerprint density at radius 1 is 1.42 bits per heavy atom. The molecule has 0 fully saturated rings. The van der Waals surface area contributed by atoms with Crippen LogP contribution in [0.1, 0.15) is 32.6 Å². The normalized spacial score (nSPS) is 13.9. The number of likely N-dealkylation sites (N-methyl/N-ethyl adjacent to an activating group) is 1. The predicted molar refractivity (Wildman–Crippen MR) is 79.4 cm³/mol. The van der Waals surface area contributed by atoms with Crippen LogP contribution in [0.3, 0.4) is 0 Å². The largest absolute Gasteiger partial charge is 0.468 e. The second-order valence-electron chi connectivity index (χ2n) is 5.01. The van der Waals surface area contributed by atoms with E-state index in [-0.39, 0.29) is 6.04 Å². The fraction of sp³-hybridized carbons (Fsp3) is 0.643. The van der Waals surface area contributed by atoms with E-state index < -0.39 is 0 Å². The topological polar surface area (TPSA) is 52.8 Å². The summed E-state index contributed by atoms with van der Waals surface area (Å²) in [4.78, 5) is 6.74. The highest BCUT2D eigenvalue weighted by atomic mass is 16.3. The number of nitrogens with one attached hydrogen (secondary N) is 2. The van der Waals surface area contributed by atoms with Crippen LogP contribution < -0.4 is 10.6 Å². The molecule has 108 valence electrons. The molecule has 19 heavy (non-hydrogen) atoms. The molecule has 0 aliphatic rings. The molecule has 1 aromatic rings. The lowest BCUT2D eigenvalue weighted by Gasteiger charge is -2.21. The summed E-state index contributed by atoms with van der Waals surface area (Å²) < 4.78 is 5.48. The molecule has 0 saturated heterocycles. The average molecular weight is 266 g/mol. The average Bonchev–Trinajstić information content (AvgIpc) is 2.81. The van der Waals surface area contributed by atoms with Gasteiger partial charge < -0.3 is 15.1 Å². The van der Waals surface area contributed by atoms with Gasteiger partial charge in [0.15, 0.2) is 5.96 Å². The number of hydrogen-bond donors (Lipinski definition) is 2. The first-order valence-corrected chi connectivity index (χ1v) is 6.79. The number of guanidine groups is 1. The van der Waals surface area contributed by atoms with Gasteiger partial charge in [-0.25, -0.2) is 0 Å². The first kappa shape index (κ1) is 15.6. The fourth-order valence-corrected chi connectivity index (χ4v) is 1.76. The van der Waals surface area contributed by atoms with Crippen molar-refractivity contribution in [3.63, 3.8) is 0 Å². The van der Waals surface area contributed by atoms with Crippen LogP contribution in [0.15, 0.2) is 27.8 Å². The molecular weight excluding hydrogens is 240 g/mol. The Balaban J connectivity index is 2.72. The van der Waals surface area contributed by atoms with E-state index in [1.54, 1.807) is 6.26 Å². The summed E-state index contributed by atoms with van der Waals surface area (Å²) in [5.74, 6) is 1.78. The molecule has 0 aliphatic heterocycles. The molecule has 0 radical (unpaired) electrons. The van der Waals surface area contributed by atoms with Crippen LogP contribution in [0.2, 0.25) is 0 Å². The maximum absolute atomic E-state index is 5.48. The monoisotopic (exact) mass is 266 g/mol. The third-order valence-corrected chi connectivity index (χ3v) is 2.69. The second-order valence-corrected chi connectivity index (χ2v) is 5.01. The van der Waals surface area contributed by atoms with E-state index in [2.05, 4.69) is 41.3 Å². The van der Waals surface area contributed by atoms with Gasteiger partial charge in [0.05, 0.1) is 18.8 Å². The SMILES string of the molecule is CCNC(=NCC(c1ccco1)N(C)C)NC(C)C. The molecular formula is C14H26N4O. The van der Waals surface area contributed by atoms with Gasteiger partial charge in [0.25, 0.3) is 0 Å². The van der Waals surface area contributed by atoms with Gasteiger partial charge in [0.1, 0.15) is 5.76 Å². The smallest absolute Gasteiger partial charge is 0.191 e. The Morgan fingerprint density at radius 2 is 2.16 bits per heavy atom. The summed E-state index contributed by atoms with van der Waals surface area (Å²) >= 11 is 0. The maximum atomic E-state index is 5.48. The number of rotatable bonds is 6. The number of furan rings is 1. The minimum atomic E-state index is 0.151. The molecule has 1 atom stereocenters. The quantitative estimate of drug-likeness (QED) is 0.609. The van der Waals surface area contributed by atoms with Crippen molar-refractivity contribution in [3.8, 4) is 0 Å². The van der Waals surface area contributed by atoms with E-state index in [0.29, 0.717) is 12.6 Å². The summed E-state index contributed by atoms with van der Waals surface area (Å²) in [6, 6.07) is 4.41. The minimum Gasteiger partial charge on any atom is -0.468 e. The summed E-state index contributed by atoms with van der Waals surface area (Å²) in [5.41, 5.74) is 0. The van der Waals surface area contributed by atoms with Crippen molar-refractivity contribution >= 4 is 5.96 Å². The van der Waals surface area contributed by atoms with Crippen LogP contribution >= 0.6 is 0 Å². The molecule has 1 aromatic heterocycles. The van der Waals surface area contributed by atoms with Crippen molar-refractivity contribution in [2.24, 2.45) is 4.99 Å². The lowest BCUT2D eigenvalue weighted by molar-refractivity contribution is 0.265. The lowest BCUT2D eigenvalue weighted by Crippen LogP contribution is -2.41. The molecule has 1 heterocycles. The van der Waals surface area contributed by atoms with Crippen molar-refractivity contribution in [2.75, 3.05) is 27.2 Å². The van der Waals surface area contributed by atoms with Crippen LogP contribution in [-0.2, 0) is 0 Å². The fourth-order valence-electron chi connectivity index (χ4n) is 1.76. The van der Waals surface area contributed by atoms with Crippen molar-refractivity contribution < 1.29 is 4.42 Å². The Labute approximate surface area is 116 Å². The van der Waals surface area contributed by atoms with E-state index >= 15 is 0 Å². The van der Waals surface area contributed by atoms with E-state index in [1.165, 1.54) is 0 Å². The standard InChI is InChI=1S/C14H26N4O/c1-6-15-14(17-11(2)3)16-10-12(18(4)5)13-8-7-9-19-13/h7-9,11-12H,6,10H2,1-5H3,(H2,15,16,17). The van der Waals surface area contributed by atoms with Gasteiger partial charge in [0.2, 0.25) is 0 Å². The minimum absolute atomic E-state index is 0.151. The molecule has 0 aliphatic carbocycles. The van der Waals surface area contributed by atoms with Crippen LogP contribution in [0.4, 0.5) is 0 Å². The van der Waals surface area contributed by atoms with Gasteiger partial charge in [-0.2, -0.15) is 0 Å². The lowest BCUT2D eigenvalue weighted by atomic mass is 10.2. The highest BCUT2D eigenvalue weighted by Crippen LogP contribution is 2.18. The molecule has 0 bridgehead atoms. The zero-order chi connectivity index (χ0) is 14.3. The number of hydrogen-bond acceptors (Lipinski definition) is 3. The van der Waals surface area contributed by atoms with Gasteiger partial charge in [-0.15, -0.1) is 0 Å². The molecule has 0 spiro atoms. The predicted octanol–water partition coefficient (Wildman–Crippen LogP) is 1.85. The maximum Gasteiger partial charge on any atom is 0.191 e. The third-order valence-electron chi connectivity index (χ3n) is 2.69. The van der Waals surface area contributed by atoms with E-state index in [9.17, 15) is 0 Å². The zero-order valence-electron chi connectivity index (χ0n) is 12.6. The highest BCUT2D eigenvalue weighted by Gasteiger charge is 2.16. The second kappa shape index (κ2) is 7.84. The first-order valence-electron chi connectivity index (χ1n) is 6.79. The Morgan fingerprint density at radius 3 is 2.63 bits per heavy atom. The Kier molecular flexibility index (Phi) is 6.42. The van der Waals surface area contributed by atoms with Crippen molar-refractivity contribution in [3.05, 3.63) is 24.2 Å². The van der Waals surface area contributed by atoms with Gasteiger partial charge in [-0.1, -0.05) is 0 Å². The zero-order valence-corrected chi connectivity index (χ0v) is 12.6. The number of aliphatic imine (C=N–C) groups is 1. The van der Waals surface area contributed by atoms with Crippen molar-refractivity contribution in [1.82, 2.24) is 15.5 Å². The van der Waals surface area contributed by atoms with E-state index in [0.717, 1.165) is 18.3 Å². The van der Waals surface area contributed by atoms with Crippen LogP contribution in [0.25, 0.3) is 0 Å². The van der Waals surface area contributed by atoms with E-state index in [4.69, 9.17) is 4.42 Å². The third kappa shape index (κ3) is 5.34. The summed E-state index contributed by atoms with van der Waals surface area (Å²) in [6.07, 6.45) is 1.70. The van der Waals surface area contributed by atoms with Crippen molar-refractivity contribution in [2.45, 2.75) is 32.9 Å². The summed E-state index contributed by atoms with van der Waals surface area (Å²) in [5, 5.41) is 6.55. The summed E-state index contributed by atoms with van der Waals surface area (Å²) in [7, 11) is 4.07. The van der Waals surface area contributed by atoms with Gasteiger partial charge in [-0.3, -0.25) is 9.89 Å². The van der Waals surface area contributed by atoms with Crippen LogP contribution in [-0.4, -0.2) is 44.1 Å². The van der Waals surface area contributed by atoms with E-state index in [1.807, 2.05) is 26.2 Å². The summed E-state index contributed by atoms with van der Waals surface area (Å²) in [6.45, 7) is 7.77. The molecule has 5 nitrogen and oxygen atoms in total. The highest BCUT2D eigenvalue weighted by molar-refractivity contribution is 5.80. The first-order chi connectivity index (χ1) is 9.04. The van der Waals surface area contributed by atoms with Crippen LogP contribution in [0.5, 0.6) is 0 Å². The molecule has 0 saturated carbocycles. The molecule has 1 unspecified atom stereocenters.